The standard InChI is InChI=1S/C16H17ClFNO2/c1-20-9-8-19-11-12-2-4-13(5-3-12)21-14-6-7-15(17)16(18)10-14/h2-7,10,19H,8-9,11H2,1H3. The first-order valence-electron chi connectivity index (χ1n) is 6.60. The van der Waals surface area contributed by atoms with Gasteiger partial charge in [0.1, 0.15) is 17.3 Å². The number of hydrogen-bond donors (Lipinski definition) is 1. The Labute approximate surface area is 128 Å². The highest BCUT2D eigenvalue weighted by Crippen LogP contribution is 2.25. The van der Waals surface area contributed by atoms with E-state index in [1.165, 1.54) is 12.1 Å². The molecule has 21 heavy (non-hydrogen) atoms. The first-order chi connectivity index (χ1) is 10.2. The molecule has 5 heteroatoms. The molecule has 2 aromatic carbocycles. The van der Waals surface area contributed by atoms with Crippen molar-refractivity contribution in [1.82, 2.24) is 5.32 Å². The van der Waals surface area contributed by atoms with Crippen LogP contribution in [0.1, 0.15) is 5.56 Å². The van der Waals surface area contributed by atoms with Crippen molar-refractivity contribution in [3.05, 3.63) is 58.9 Å². The molecule has 2 aromatic rings. The van der Waals surface area contributed by atoms with Crippen LogP contribution in [0.3, 0.4) is 0 Å². The van der Waals surface area contributed by atoms with E-state index in [0.29, 0.717) is 18.1 Å². The van der Waals surface area contributed by atoms with E-state index in [9.17, 15) is 4.39 Å². The quantitative estimate of drug-likeness (QED) is 0.784. The molecule has 0 saturated carbocycles. The van der Waals surface area contributed by atoms with E-state index in [-0.39, 0.29) is 5.02 Å². The van der Waals surface area contributed by atoms with Crippen molar-refractivity contribution in [2.45, 2.75) is 6.54 Å². The average molecular weight is 310 g/mol. The van der Waals surface area contributed by atoms with Gasteiger partial charge < -0.3 is 14.8 Å². The van der Waals surface area contributed by atoms with E-state index >= 15 is 0 Å². The van der Waals surface area contributed by atoms with Gasteiger partial charge in [-0.05, 0) is 29.8 Å². The number of ether oxygens (including phenoxy) is 2. The minimum Gasteiger partial charge on any atom is -0.457 e. The molecule has 0 bridgehead atoms. The maximum absolute atomic E-state index is 13.3. The van der Waals surface area contributed by atoms with Gasteiger partial charge in [-0.2, -0.15) is 0 Å². The largest absolute Gasteiger partial charge is 0.457 e. The van der Waals surface area contributed by atoms with Crippen molar-refractivity contribution in [1.29, 1.82) is 0 Å². The predicted octanol–water partition coefficient (Wildman–Crippen LogP) is 4.01. The Morgan fingerprint density at radius 3 is 2.48 bits per heavy atom. The van der Waals surface area contributed by atoms with E-state index in [1.807, 2.05) is 24.3 Å². The molecule has 1 N–H and O–H groups in total. The van der Waals surface area contributed by atoms with Gasteiger partial charge in [0.05, 0.1) is 11.6 Å². The number of nitrogens with one attached hydrogen (secondary N) is 1. The lowest BCUT2D eigenvalue weighted by Gasteiger charge is -2.08. The van der Waals surface area contributed by atoms with Gasteiger partial charge in [0.15, 0.2) is 0 Å². The van der Waals surface area contributed by atoms with Crippen LogP contribution in [0.15, 0.2) is 42.5 Å². The highest BCUT2D eigenvalue weighted by Gasteiger charge is 2.03. The van der Waals surface area contributed by atoms with E-state index < -0.39 is 5.82 Å². The Bertz CT molecular complexity index is 575. The third kappa shape index (κ3) is 5.01. The average Bonchev–Trinajstić information content (AvgIpc) is 2.49. The molecular formula is C16H17ClFNO2. The van der Waals surface area contributed by atoms with Crippen LogP contribution in [-0.4, -0.2) is 20.3 Å². The summed E-state index contributed by atoms with van der Waals surface area (Å²) in [5, 5.41) is 3.34. The highest BCUT2D eigenvalue weighted by molar-refractivity contribution is 6.30. The fourth-order valence-electron chi connectivity index (χ4n) is 1.76. The minimum atomic E-state index is -0.492. The molecule has 112 valence electrons. The topological polar surface area (TPSA) is 30.5 Å². The summed E-state index contributed by atoms with van der Waals surface area (Å²) in [6.07, 6.45) is 0. The molecule has 0 atom stereocenters. The third-order valence-electron chi connectivity index (χ3n) is 2.86. The molecule has 0 radical (unpaired) electrons. The monoisotopic (exact) mass is 309 g/mol. The second kappa shape index (κ2) is 7.98. The predicted molar refractivity (Wildman–Crippen MR) is 81.5 cm³/mol. The zero-order valence-corrected chi connectivity index (χ0v) is 12.5. The van der Waals surface area contributed by atoms with Gasteiger partial charge in [0, 0.05) is 26.3 Å². The molecule has 0 aliphatic heterocycles. The zero-order chi connectivity index (χ0) is 15.1. The molecule has 0 amide bonds. The fraction of sp³-hybridized carbons (Fsp3) is 0.250. The lowest BCUT2D eigenvalue weighted by molar-refractivity contribution is 0.199. The van der Waals surface area contributed by atoms with Crippen molar-refractivity contribution in [3.63, 3.8) is 0 Å². The van der Waals surface area contributed by atoms with Crippen molar-refractivity contribution in [2.24, 2.45) is 0 Å². The number of benzene rings is 2. The summed E-state index contributed by atoms with van der Waals surface area (Å²) < 4.78 is 23.9. The van der Waals surface area contributed by atoms with Crippen molar-refractivity contribution < 1.29 is 13.9 Å². The number of methoxy groups -OCH3 is 1. The molecule has 0 heterocycles. The van der Waals surface area contributed by atoms with Crippen LogP contribution in [0.4, 0.5) is 4.39 Å². The smallest absolute Gasteiger partial charge is 0.145 e. The number of rotatable bonds is 7. The molecule has 0 aromatic heterocycles. The molecule has 0 aliphatic rings. The van der Waals surface area contributed by atoms with Gasteiger partial charge in [-0.15, -0.1) is 0 Å². The molecule has 3 nitrogen and oxygen atoms in total. The summed E-state index contributed by atoms with van der Waals surface area (Å²) in [4.78, 5) is 0. The summed E-state index contributed by atoms with van der Waals surface area (Å²) in [6, 6.07) is 12.0. The van der Waals surface area contributed by atoms with Crippen LogP contribution in [0.5, 0.6) is 11.5 Å². The molecule has 0 unspecified atom stereocenters. The lowest BCUT2D eigenvalue weighted by atomic mass is 10.2. The van der Waals surface area contributed by atoms with Crippen LogP contribution in [0.25, 0.3) is 0 Å². The Balaban J connectivity index is 1.91. The van der Waals surface area contributed by atoms with Crippen LogP contribution < -0.4 is 10.1 Å². The van der Waals surface area contributed by atoms with Gasteiger partial charge in [-0.25, -0.2) is 4.39 Å². The van der Waals surface area contributed by atoms with Crippen LogP contribution in [0, 0.1) is 5.82 Å². The van der Waals surface area contributed by atoms with Crippen LogP contribution in [-0.2, 0) is 11.3 Å². The maximum Gasteiger partial charge on any atom is 0.145 e. The first-order valence-corrected chi connectivity index (χ1v) is 6.98. The van der Waals surface area contributed by atoms with Crippen molar-refractivity contribution in [3.8, 4) is 11.5 Å². The van der Waals surface area contributed by atoms with Gasteiger partial charge in [-0.1, -0.05) is 23.7 Å². The zero-order valence-electron chi connectivity index (χ0n) is 11.7. The molecule has 2 rings (SSSR count). The fourth-order valence-corrected chi connectivity index (χ4v) is 1.88. The van der Waals surface area contributed by atoms with Crippen LogP contribution >= 0.6 is 11.6 Å². The van der Waals surface area contributed by atoms with Gasteiger partial charge in [-0.3, -0.25) is 0 Å². The SMILES string of the molecule is COCCNCc1ccc(Oc2ccc(Cl)c(F)c2)cc1. The van der Waals surface area contributed by atoms with Gasteiger partial charge in [0.2, 0.25) is 0 Å². The van der Waals surface area contributed by atoms with Gasteiger partial charge >= 0.3 is 0 Å². The number of hydrogen-bond acceptors (Lipinski definition) is 3. The highest BCUT2D eigenvalue weighted by atomic mass is 35.5. The van der Waals surface area contributed by atoms with E-state index in [0.717, 1.165) is 18.7 Å². The minimum absolute atomic E-state index is 0.0832. The maximum atomic E-state index is 13.3. The summed E-state index contributed by atoms with van der Waals surface area (Å²) in [7, 11) is 1.67. The normalized spacial score (nSPS) is 10.6. The Hall–Kier alpha value is -1.62. The Morgan fingerprint density at radius 2 is 1.81 bits per heavy atom. The summed E-state index contributed by atoms with van der Waals surface area (Å²) in [5.74, 6) is 0.577. The van der Waals surface area contributed by atoms with Crippen molar-refractivity contribution >= 4 is 11.6 Å². The second-order valence-electron chi connectivity index (χ2n) is 4.49. The van der Waals surface area contributed by atoms with Crippen molar-refractivity contribution in [2.75, 3.05) is 20.3 Å². The lowest BCUT2D eigenvalue weighted by Crippen LogP contribution is -2.18. The second-order valence-corrected chi connectivity index (χ2v) is 4.90. The molecule has 0 spiro atoms. The summed E-state index contributed by atoms with van der Waals surface area (Å²) >= 11 is 5.63. The molecular weight excluding hydrogens is 293 g/mol. The Kier molecular flexibility index (Phi) is 5.99. The molecule has 0 aliphatic carbocycles. The van der Waals surface area contributed by atoms with E-state index in [1.54, 1.807) is 13.2 Å². The van der Waals surface area contributed by atoms with Crippen LogP contribution in [0.2, 0.25) is 5.02 Å². The van der Waals surface area contributed by atoms with Gasteiger partial charge in [0.25, 0.3) is 0 Å². The summed E-state index contributed by atoms with van der Waals surface area (Å²) in [6.45, 7) is 2.25. The van der Waals surface area contributed by atoms with E-state index in [2.05, 4.69) is 5.32 Å². The first kappa shape index (κ1) is 15.8. The molecule has 0 saturated heterocycles. The Morgan fingerprint density at radius 1 is 1.10 bits per heavy atom. The summed E-state index contributed by atoms with van der Waals surface area (Å²) in [5.41, 5.74) is 1.14. The molecule has 0 fully saturated rings. The number of halogens is 2. The third-order valence-corrected chi connectivity index (χ3v) is 3.17. The van der Waals surface area contributed by atoms with E-state index in [4.69, 9.17) is 21.1 Å².